The summed E-state index contributed by atoms with van der Waals surface area (Å²) in [6, 6.07) is 0. The van der Waals surface area contributed by atoms with Crippen LogP contribution in [-0.2, 0) is 13.4 Å². The molecule has 5 heteroatoms. The molecule has 0 saturated heterocycles. The van der Waals surface area contributed by atoms with Gasteiger partial charge in [0.2, 0.25) is 0 Å². The van der Waals surface area contributed by atoms with Crippen LogP contribution in [0.3, 0.4) is 0 Å². The Kier molecular flexibility index (Phi) is 4.80. The lowest BCUT2D eigenvalue weighted by Gasteiger charge is -2.19. The standard InChI is InChI=1S/C7H15NO3Si/c1-6-12(9-4,10-5)11-8-7(2)3/h6H,1H2,2-5H3. The van der Waals surface area contributed by atoms with Gasteiger partial charge in [-0.3, -0.25) is 0 Å². The molecular weight excluding hydrogens is 174 g/mol. The van der Waals surface area contributed by atoms with Crippen LogP contribution in [0.25, 0.3) is 0 Å². The lowest BCUT2D eigenvalue weighted by Crippen LogP contribution is -2.40. The van der Waals surface area contributed by atoms with Gasteiger partial charge in [-0.1, -0.05) is 6.58 Å². The van der Waals surface area contributed by atoms with Gasteiger partial charge in [-0.25, -0.2) is 0 Å². The molecule has 0 bridgehead atoms. The molecule has 12 heavy (non-hydrogen) atoms. The first-order valence-corrected chi connectivity index (χ1v) is 5.33. The normalized spacial score (nSPS) is 10.7. The van der Waals surface area contributed by atoms with Crippen molar-refractivity contribution >= 4 is 14.5 Å². The van der Waals surface area contributed by atoms with Gasteiger partial charge in [0, 0.05) is 19.9 Å². The third-order valence-corrected chi connectivity index (χ3v) is 3.16. The molecule has 0 fully saturated rings. The second kappa shape index (κ2) is 5.07. The Morgan fingerprint density at radius 1 is 1.33 bits per heavy atom. The second-order valence-electron chi connectivity index (χ2n) is 2.35. The summed E-state index contributed by atoms with van der Waals surface area (Å²) in [5, 5.41) is 3.77. The Hall–Kier alpha value is -0.653. The van der Waals surface area contributed by atoms with Crippen LogP contribution in [0.2, 0.25) is 0 Å². The molecule has 0 aliphatic carbocycles. The largest absolute Gasteiger partial charge is 0.615 e. The highest BCUT2D eigenvalue weighted by molar-refractivity contribution is 6.66. The van der Waals surface area contributed by atoms with Crippen LogP contribution in [0.15, 0.2) is 17.4 Å². The van der Waals surface area contributed by atoms with Crippen molar-refractivity contribution in [3.05, 3.63) is 12.3 Å². The van der Waals surface area contributed by atoms with Crippen molar-refractivity contribution in [1.82, 2.24) is 0 Å². The van der Waals surface area contributed by atoms with Crippen LogP contribution in [0.4, 0.5) is 0 Å². The van der Waals surface area contributed by atoms with E-state index >= 15 is 0 Å². The lowest BCUT2D eigenvalue weighted by atomic mass is 10.5. The van der Waals surface area contributed by atoms with Crippen LogP contribution in [0, 0.1) is 0 Å². The van der Waals surface area contributed by atoms with Crippen molar-refractivity contribution in [2.24, 2.45) is 5.16 Å². The summed E-state index contributed by atoms with van der Waals surface area (Å²) in [5.41, 5.74) is 2.34. The molecular formula is C7H15NO3Si. The first-order chi connectivity index (χ1) is 5.60. The minimum absolute atomic E-state index is 0.808. The maximum absolute atomic E-state index is 5.10. The van der Waals surface area contributed by atoms with Gasteiger partial charge < -0.3 is 13.4 Å². The van der Waals surface area contributed by atoms with Crippen LogP contribution < -0.4 is 0 Å². The van der Waals surface area contributed by atoms with Gasteiger partial charge in [0.25, 0.3) is 0 Å². The molecule has 0 spiro atoms. The zero-order valence-corrected chi connectivity index (χ0v) is 8.96. The molecule has 0 aromatic carbocycles. The number of rotatable bonds is 5. The monoisotopic (exact) mass is 189 g/mol. The van der Waals surface area contributed by atoms with Gasteiger partial charge >= 0.3 is 8.80 Å². The number of hydrogen-bond donors (Lipinski definition) is 0. The van der Waals surface area contributed by atoms with E-state index in [2.05, 4.69) is 11.7 Å². The van der Waals surface area contributed by atoms with E-state index in [4.69, 9.17) is 13.4 Å². The molecule has 0 atom stereocenters. The molecule has 0 amide bonds. The Labute approximate surface area is 74.2 Å². The van der Waals surface area contributed by atoms with E-state index in [1.54, 1.807) is 0 Å². The quantitative estimate of drug-likeness (QED) is 0.372. The van der Waals surface area contributed by atoms with Gasteiger partial charge in [0.1, 0.15) is 0 Å². The summed E-state index contributed by atoms with van der Waals surface area (Å²) >= 11 is 0. The SMILES string of the molecule is C=C[Si](OC)(OC)ON=C(C)C. The highest BCUT2D eigenvalue weighted by Crippen LogP contribution is 2.08. The van der Waals surface area contributed by atoms with Gasteiger partial charge in [0.15, 0.2) is 0 Å². The summed E-state index contributed by atoms with van der Waals surface area (Å²) in [4.78, 5) is 0. The fraction of sp³-hybridized carbons (Fsp3) is 0.571. The van der Waals surface area contributed by atoms with Crippen LogP contribution >= 0.6 is 0 Å². The van der Waals surface area contributed by atoms with E-state index in [9.17, 15) is 0 Å². The van der Waals surface area contributed by atoms with Crippen molar-refractivity contribution in [1.29, 1.82) is 0 Å². The van der Waals surface area contributed by atoms with E-state index in [0.717, 1.165) is 5.71 Å². The number of nitrogens with zero attached hydrogens (tertiary/aromatic N) is 1. The van der Waals surface area contributed by atoms with E-state index in [1.165, 1.54) is 19.9 Å². The molecule has 70 valence electrons. The molecule has 0 unspecified atom stereocenters. The molecule has 4 nitrogen and oxygen atoms in total. The Bertz CT molecular complexity index is 173. The van der Waals surface area contributed by atoms with Crippen molar-refractivity contribution in [2.45, 2.75) is 13.8 Å². The topological polar surface area (TPSA) is 40.0 Å². The van der Waals surface area contributed by atoms with Gasteiger partial charge in [-0.2, -0.15) is 0 Å². The maximum Gasteiger partial charge on any atom is 0.615 e. The fourth-order valence-electron chi connectivity index (χ4n) is 0.517. The van der Waals surface area contributed by atoms with E-state index in [-0.39, 0.29) is 0 Å². The molecule has 0 N–H and O–H groups in total. The summed E-state index contributed by atoms with van der Waals surface area (Å²) in [5.74, 6) is 0. The molecule has 0 saturated carbocycles. The van der Waals surface area contributed by atoms with Crippen LogP contribution in [-0.4, -0.2) is 28.7 Å². The first-order valence-electron chi connectivity index (χ1n) is 3.53. The zero-order valence-electron chi connectivity index (χ0n) is 7.96. The summed E-state index contributed by atoms with van der Waals surface area (Å²) < 4.78 is 15.2. The molecule has 0 radical (unpaired) electrons. The van der Waals surface area contributed by atoms with Crippen molar-refractivity contribution < 1.29 is 13.4 Å². The predicted molar refractivity (Wildman–Crippen MR) is 49.8 cm³/mol. The average molecular weight is 189 g/mol. The summed E-state index contributed by atoms with van der Waals surface area (Å²) in [6.07, 6.45) is 0. The minimum Gasteiger partial charge on any atom is -0.390 e. The van der Waals surface area contributed by atoms with E-state index in [1.807, 2.05) is 13.8 Å². The number of oxime groups is 1. The minimum atomic E-state index is -2.70. The highest BCUT2D eigenvalue weighted by Gasteiger charge is 2.38. The summed E-state index contributed by atoms with van der Waals surface area (Å²) in [6.45, 7) is 7.22. The lowest BCUT2D eigenvalue weighted by molar-refractivity contribution is 0.116. The Balaban J connectivity index is 4.31. The molecule has 0 heterocycles. The van der Waals surface area contributed by atoms with Gasteiger partial charge in [-0.15, -0.1) is 5.16 Å². The molecule has 0 aromatic rings. The van der Waals surface area contributed by atoms with Crippen LogP contribution in [0.1, 0.15) is 13.8 Å². The second-order valence-corrected chi connectivity index (χ2v) is 4.96. The fourth-order valence-corrected chi connectivity index (χ4v) is 1.55. The third kappa shape index (κ3) is 3.16. The third-order valence-electron chi connectivity index (χ3n) is 1.17. The van der Waals surface area contributed by atoms with Crippen molar-refractivity contribution in [2.75, 3.05) is 14.2 Å². The first kappa shape index (κ1) is 11.3. The molecule has 0 aliphatic rings. The van der Waals surface area contributed by atoms with Crippen molar-refractivity contribution in [3.8, 4) is 0 Å². The number of hydrogen-bond acceptors (Lipinski definition) is 4. The average Bonchev–Trinajstić information content (AvgIpc) is 2.08. The predicted octanol–water partition coefficient (Wildman–Crippen LogP) is 1.36. The van der Waals surface area contributed by atoms with E-state index < -0.39 is 8.80 Å². The molecule has 0 rings (SSSR count). The zero-order chi connectivity index (χ0) is 9.61. The maximum atomic E-state index is 5.10. The van der Waals surface area contributed by atoms with Crippen molar-refractivity contribution in [3.63, 3.8) is 0 Å². The van der Waals surface area contributed by atoms with Gasteiger partial charge in [0.05, 0.1) is 0 Å². The van der Waals surface area contributed by atoms with E-state index in [0.29, 0.717) is 0 Å². The van der Waals surface area contributed by atoms with Gasteiger partial charge in [-0.05, 0) is 19.5 Å². The smallest absolute Gasteiger partial charge is 0.390 e. The Morgan fingerprint density at radius 2 is 1.83 bits per heavy atom. The molecule has 0 aliphatic heterocycles. The van der Waals surface area contributed by atoms with Crippen LogP contribution in [0.5, 0.6) is 0 Å². The molecule has 0 aromatic heterocycles. The summed E-state index contributed by atoms with van der Waals surface area (Å²) in [7, 11) is 0.320. The Morgan fingerprint density at radius 3 is 2.08 bits per heavy atom. The highest BCUT2D eigenvalue weighted by atomic mass is 28.4.